The molecule has 1 N–H and O–H groups in total. The van der Waals surface area contributed by atoms with Gasteiger partial charge < -0.3 is 10.2 Å². The Morgan fingerprint density at radius 3 is 2.61 bits per heavy atom. The smallest absolute Gasteiger partial charge is 0.256 e. The van der Waals surface area contributed by atoms with Gasteiger partial charge in [0.1, 0.15) is 0 Å². The Hall–Kier alpha value is -2.80. The van der Waals surface area contributed by atoms with Crippen LogP contribution < -0.4 is 5.32 Å². The molecule has 7 heteroatoms. The first kappa shape index (κ1) is 20.1. The summed E-state index contributed by atoms with van der Waals surface area (Å²) >= 11 is 0. The predicted octanol–water partition coefficient (Wildman–Crippen LogP) is 2.32. The summed E-state index contributed by atoms with van der Waals surface area (Å²) in [5.41, 5.74) is 0.975. The molecule has 1 saturated carbocycles. The van der Waals surface area contributed by atoms with Gasteiger partial charge >= 0.3 is 0 Å². The van der Waals surface area contributed by atoms with Gasteiger partial charge in [-0.25, -0.2) is 4.39 Å². The molecule has 1 aromatic carbocycles. The summed E-state index contributed by atoms with van der Waals surface area (Å²) in [5, 5.41) is 3.14. The van der Waals surface area contributed by atoms with Gasteiger partial charge in [0.25, 0.3) is 5.91 Å². The third-order valence-corrected chi connectivity index (χ3v) is 6.85. The number of halogens is 1. The zero-order chi connectivity index (χ0) is 21.4. The number of nitrogens with zero attached hydrogens (tertiary/aromatic N) is 3. The number of likely N-dealkylation sites (tertiary alicyclic amines) is 2. The van der Waals surface area contributed by atoms with E-state index in [4.69, 9.17) is 0 Å². The lowest BCUT2D eigenvalue weighted by molar-refractivity contribution is -0.131. The van der Waals surface area contributed by atoms with Crippen molar-refractivity contribution < 1.29 is 14.0 Å². The first-order valence-corrected chi connectivity index (χ1v) is 11.0. The highest BCUT2D eigenvalue weighted by atomic mass is 19.1. The second kappa shape index (κ2) is 8.04. The summed E-state index contributed by atoms with van der Waals surface area (Å²) in [7, 11) is 0. The van der Waals surface area contributed by atoms with E-state index in [1.54, 1.807) is 4.90 Å². The lowest BCUT2D eigenvalue weighted by Gasteiger charge is -2.50. The summed E-state index contributed by atoms with van der Waals surface area (Å²) in [6, 6.07) is 11.6. The number of amides is 2. The fourth-order valence-corrected chi connectivity index (χ4v) is 4.98. The Morgan fingerprint density at radius 2 is 1.90 bits per heavy atom. The fourth-order valence-electron chi connectivity index (χ4n) is 4.98. The third-order valence-electron chi connectivity index (χ3n) is 6.85. The number of aromatic nitrogens is 1. The van der Waals surface area contributed by atoms with Gasteiger partial charge in [-0.3, -0.25) is 19.5 Å². The van der Waals surface area contributed by atoms with Crippen molar-refractivity contribution in [2.24, 2.45) is 17.3 Å². The molecule has 0 radical (unpaired) electrons. The van der Waals surface area contributed by atoms with Gasteiger partial charge in [0, 0.05) is 50.9 Å². The maximum Gasteiger partial charge on any atom is 0.256 e. The molecule has 2 amide bonds. The van der Waals surface area contributed by atoms with Crippen molar-refractivity contribution >= 4 is 11.8 Å². The zero-order valence-corrected chi connectivity index (χ0v) is 17.5. The molecular formula is C24H27FN4O2. The van der Waals surface area contributed by atoms with Crippen LogP contribution in [0.3, 0.4) is 0 Å². The molecule has 3 fully saturated rings. The first-order valence-electron chi connectivity index (χ1n) is 11.0. The molecule has 1 spiro atoms. The number of rotatable bonds is 6. The van der Waals surface area contributed by atoms with Crippen LogP contribution in [0.15, 0.2) is 48.8 Å². The number of pyridine rings is 1. The Kier molecular flexibility index (Phi) is 5.22. The molecule has 2 aromatic rings. The van der Waals surface area contributed by atoms with Crippen molar-refractivity contribution in [3.8, 4) is 0 Å². The van der Waals surface area contributed by atoms with Crippen molar-refractivity contribution in [2.45, 2.75) is 19.4 Å². The molecule has 2 aliphatic heterocycles. The number of hydrogen-bond donors (Lipinski definition) is 1. The average Bonchev–Trinajstić information content (AvgIpc) is 3.50. The number of nitrogens with one attached hydrogen (secondary N) is 1. The van der Waals surface area contributed by atoms with Crippen LogP contribution in [0, 0.1) is 23.1 Å². The fraction of sp³-hybridized carbons (Fsp3) is 0.458. The number of carbonyl (C=O) groups excluding carboxylic acids is 2. The molecule has 31 heavy (non-hydrogen) atoms. The highest BCUT2D eigenvalue weighted by molar-refractivity contribution is 5.95. The molecule has 1 atom stereocenters. The summed E-state index contributed by atoms with van der Waals surface area (Å²) in [4.78, 5) is 33.6. The van der Waals surface area contributed by atoms with Crippen LogP contribution in [0.25, 0.3) is 0 Å². The maximum absolute atomic E-state index is 14.0. The number of carbonyl (C=O) groups is 2. The topological polar surface area (TPSA) is 65.5 Å². The van der Waals surface area contributed by atoms with Crippen molar-refractivity contribution in [3.63, 3.8) is 0 Å². The van der Waals surface area contributed by atoms with E-state index in [0.717, 1.165) is 25.8 Å². The van der Waals surface area contributed by atoms with Crippen LogP contribution in [0.2, 0.25) is 0 Å². The van der Waals surface area contributed by atoms with Crippen LogP contribution >= 0.6 is 0 Å². The highest BCUT2D eigenvalue weighted by Crippen LogP contribution is 2.45. The standard InChI is InChI=1S/C24H27FN4O2/c25-21-11-26-9-8-19(21)23(31)29-15-24(16-29)14-28(12-18-4-2-1-3-5-18)13-20(24)22(30)27-10-17-6-7-17/h1-5,8-9,11,17,20H,6-7,10,12-16H2,(H,27,30). The van der Waals surface area contributed by atoms with E-state index in [9.17, 15) is 14.0 Å². The molecular weight excluding hydrogens is 395 g/mol. The molecule has 6 nitrogen and oxygen atoms in total. The van der Waals surface area contributed by atoms with E-state index < -0.39 is 5.82 Å². The number of hydrogen-bond acceptors (Lipinski definition) is 4. The predicted molar refractivity (Wildman–Crippen MR) is 113 cm³/mol. The normalized spacial score (nSPS) is 22.4. The Labute approximate surface area is 181 Å². The van der Waals surface area contributed by atoms with Gasteiger partial charge in [0.2, 0.25) is 5.91 Å². The molecule has 3 aliphatic rings. The van der Waals surface area contributed by atoms with Crippen molar-refractivity contribution in [2.75, 3.05) is 32.7 Å². The molecule has 1 aliphatic carbocycles. The lowest BCUT2D eigenvalue weighted by atomic mass is 9.71. The van der Waals surface area contributed by atoms with Crippen molar-refractivity contribution in [3.05, 3.63) is 65.7 Å². The van der Waals surface area contributed by atoms with E-state index in [2.05, 4.69) is 27.3 Å². The lowest BCUT2D eigenvalue weighted by Crippen LogP contribution is -2.64. The summed E-state index contributed by atoms with van der Waals surface area (Å²) in [6.45, 7) is 3.90. The monoisotopic (exact) mass is 422 g/mol. The minimum absolute atomic E-state index is 0.0405. The van der Waals surface area contributed by atoms with Crippen LogP contribution in [0.4, 0.5) is 4.39 Å². The van der Waals surface area contributed by atoms with Gasteiger partial charge in [-0.15, -0.1) is 0 Å². The van der Waals surface area contributed by atoms with Crippen LogP contribution in [-0.4, -0.2) is 59.3 Å². The van der Waals surface area contributed by atoms with Crippen LogP contribution in [-0.2, 0) is 11.3 Å². The summed E-state index contributed by atoms with van der Waals surface area (Å²) < 4.78 is 14.0. The first-order chi connectivity index (χ1) is 15.0. The third kappa shape index (κ3) is 4.06. The molecule has 2 saturated heterocycles. The average molecular weight is 423 g/mol. The summed E-state index contributed by atoms with van der Waals surface area (Å²) in [5.74, 6) is -0.393. The maximum atomic E-state index is 14.0. The van der Waals surface area contributed by atoms with E-state index in [-0.39, 0.29) is 28.7 Å². The van der Waals surface area contributed by atoms with Gasteiger partial charge in [0.15, 0.2) is 5.82 Å². The number of benzene rings is 1. The van der Waals surface area contributed by atoms with E-state index in [1.165, 1.54) is 30.7 Å². The van der Waals surface area contributed by atoms with Crippen LogP contribution in [0.5, 0.6) is 0 Å². The van der Waals surface area contributed by atoms with Crippen molar-refractivity contribution in [1.82, 2.24) is 20.1 Å². The van der Waals surface area contributed by atoms with Gasteiger partial charge in [-0.2, -0.15) is 0 Å². The van der Waals surface area contributed by atoms with E-state index in [0.29, 0.717) is 25.6 Å². The molecule has 5 rings (SSSR count). The largest absolute Gasteiger partial charge is 0.356 e. The molecule has 3 heterocycles. The minimum Gasteiger partial charge on any atom is -0.356 e. The molecule has 1 aromatic heterocycles. The SMILES string of the molecule is O=C(NCC1CC1)C1CN(Cc2ccccc2)CC12CN(C(=O)c1ccncc1F)C2. The van der Waals surface area contributed by atoms with Gasteiger partial charge in [0.05, 0.1) is 17.7 Å². The molecule has 162 valence electrons. The van der Waals surface area contributed by atoms with E-state index in [1.807, 2.05) is 18.2 Å². The quantitative estimate of drug-likeness (QED) is 0.776. The molecule has 1 unspecified atom stereocenters. The second-order valence-corrected chi connectivity index (χ2v) is 9.28. The van der Waals surface area contributed by atoms with Crippen LogP contribution in [0.1, 0.15) is 28.8 Å². The van der Waals surface area contributed by atoms with E-state index >= 15 is 0 Å². The van der Waals surface area contributed by atoms with Gasteiger partial charge in [-0.1, -0.05) is 30.3 Å². The highest BCUT2D eigenvalue weighted by Gasteiger charge is 2.57. The Bertz CT molecular complexity index is 973. The zero-order valence-electron chi connectivity index (χ0n) is 17.5. The molecule has 0 bridgehead atoms. The summed E-state index contributed by atoms with van der Waals surface area (Å²) in [6.07, 6.45) is 4.87. The second-order valence-electron chi connectivity index (χ2n) is 9.28. The van der Waals surface area contributed by atoms with Gasteiger partial charge in [-0.05, 0) is 30.4 Å². The Balaban J connectivity index is 1.30. The Morgan fingerprint density at radius 1 is 1.13 bits per heavy atom. The van der Waals surface area contributed by atoms with Crippen molar-refractivity contribution in [1.29, 1.82) is 0 Å². The minimum atomic E-state index is -0.607.